The Morgan fingerprint density at radius 3 is 2.10 bits per heavy atom. The number of nitrogens with one attached hydrogen (secondary N) is 2. The summed E-state index contributed by atoms with van der Waals surface area (Å²) in [7, 11) is 0. The number of carbonyl (C=O) groups excluding carboxylic acids is 2. The van der Waals surface area contributed by atoms with Gasteiger partial charge in [-0.1, -0.05) is 39.0 Å². The zero-order valence-electron chi connectivity index (χ0n) is 24.8. The summed E-state index contributed by atoms with van der Waals surface area (Å²) in [5, 5.41) is 16.2. The van der Waals surface area contributed by atoms with Crippen LogP contribution in [-0.2, 0) is 11.3 Å². The van der Waals surface area contributed by atoms with Crippen LogP contribution in [0, 0.1) is 11.2 Å². The van der Waals surface area contributed by atoms with Gasteiger partial charge >= 0.3 is 6.09 Å². The number of amides is 3. The second-order valence-electron chi connectivity index (χ2n) is 12.6. The van der Waals surface area contributed by atoms with Crippen molar-refractivity contribution in [1.82, 2.24) is 4.57 Å². The van der Waals surface area contributed by atoms with Crippen molar-refractivity contribution >= 4 is 45.9 Å². The first-order valence-corrected chi connectivity index (χ1v) is 13.7. The van der Waals surface area contributed by atoms with E-state index in [1.54, 1.807) is 92.1 Å². The Morgan fingerprint density at radius 2 is 1.50 bits per heavy atom. The third-order valence-corrected chi connectivity index (χ3v) is 6.64. The number of nitrogens with zero attached hydrogens (tertiary/aromatic N) is 2. The molecule has 42 heavy (non-hydrogen) atoms. The molecule has 0 aliphatic carbocycles. The topological polar surface area (TPSA) is 104 Å². The summed E-state index contributed by atoms with van der Waals surface area (Å²) in [6, 6.07) is 20.0. The fourth-order valence-electron chi connectivity index (χ4n) is 4.86. The molecule has 0 saturated carbocycles. The fourth-order valence-corrected chi connectivity index (χ4v) is 4.86. The van der Waals surface area contributed by atoms with Gasteiger partial charge in [0.1, 0.15) is 11.5 Å². The smallest absolute Gasteiger partial charge is 0.412 e. The number of fused-ring (bicyclic) bond motifs is 1. The van der Waals surface area contributed by atoms with Crippen LogP contribution in [0.4, 0.5) is 26.2 Å². The van der Waals surface area contributed by atoms with Crippen LogP contribution in [0.15, 0.2) is 72.8 Å². The van der Waals surface area contributed by atoms with E-state index in [9.17, 15) is 23.9 Å². The average Bonchev–Trinajstić information content (AvgIpc) is 3.22. The number of hydrogen-bond acceptors (Lipinski definition) is 3. The first-order valence-electron chi connectivity index (χ1n) is 13.7. The van der Waals surface area contributed by atoms with Gasteiger partial charge in [-0.05, 0) is 80.8 Å². The molecule has 0 saturated heterocycles. The van der Waals surface area contributed by atoms with Crippen LogP contribution in [0.2, 0.25) is 0 Å². The Labute approximate surface area is 245 Å². The molecule has 0 radical (unpaired) electrons. The maximum absolute atomic E-state index is 14.6. The highest BCUT2D eigenvalue weighted by atomic mass is 19.1. The summed E-state index contributed by atoms with van der Waals surface area (Å²) in [5.41, 5.74) is 2.15. The molecule has 0 spiro atoms. The van der Waals surface area contributed by atoms with Gasteiger partial charge in [-0.25, -0.2) is 9.18 Å². The van der Waals surface area contributed by atoms with Gasteiger partial charge in [0.15, 0.2) is 0 Å². The van der Waals surface area contributed by atoms with E-state index in [2.05, 4.69) is 10.6 Å². The summed E-state index contributed by atoms with van der Waals surface area (Å²) in [5.74, 6) is -0.907. The van der Waals surface area contributed by atoms with E-state index < -0.39 is 17.5 Å². The molecule has 1 aromatic heterocycles. The van der Waals surface area contributed by atoms with Crippen molar-refractivity contribution in [2.75, 3.05) is 15.5 Å². The van der Waals surface area contributed by atoms with E-state index in [1.807, 2.05) is 20.8 Å². The predicted octanol–water partition coefficient (Wildman–Crippen LogP) is 7.74. The maximum Gasteiger partial charge on any atom is 0.412 e. The number of halogens is 1. The zero-order valence-corrected chi connectivity index (χ0v) is 24.8. The maximum atomic E-state index is 14.6. The third-order valence-electron chi connectivity index (χ3n) is 6.64. The van der Waals surface area contributed by atoms with Crippen molar-refractivity contribution in [1.29, 1.82) is 0 Å². The third kappa shape index (κ3) is 7.15. The van der Waals surface area contributed by atoms with Crippen molar-refractivity contribution in [2.45, 2.75) is 60.0 Å². The molecule has 0 bridgehead atoms. The molecule has 4 aromatic rings. The molecule has 0 fully saturated rings. The van der Waals surface area contributed by atoms with Crippen molar-refractivity contribution < 1.29 is 23.9 Å². The molecule has 3 aromatic carbocycles. The molecule has 9 heteroatoms. The molecule has 8 nitrogen and oxygen atoms in total. The van der Waals surface area contributed by atoms with Crippen LogP contribution in [0.1, 0.15) is 64.0 Å². The van der Waals surface area contributed by atoms with Crippen molar-refractivity contribution in [3.05, 3.63) is 89.9 Å². The monoisotopic (exact) mass is 572 g/mol. The number of aromatic nitrogens is 1. The minimum absolute atomic E-state index is 0.109. The van der Waals surface area contributed by atoms with E-state index in [-0.39, 0.29) is 23.7 Å². The summed E-state index contributed by atoms with van der Waals surface area (Å²) in [4.78, 5) is 39.2. The van der Waals surface area contributed by atoms with Gasteiger partial charge in [0.05, 0.1) is 6.54 Å². The number of carboxylic acid groups (broad SMARTS) is 1. The molecule has 4 rings (SSSR count). The summed E-state index contributed by atoms with van der Waals surface area (Å²) < 4.78 is 16.4. The highest BCUT2D eigenvalue weighted by Crippen LogP contribution is 2.29. The number of benzene rings is 3. The second kappa shape index (κ2) is 11.7. The van der Waals surface area contributed by atoms with Gasteiger partial charge in [0.25, 0.3) is 5.91 Å². The minimum atomic E-state index is -1.08. The number of carbonyl (C=O) groups is 3. The number of hydrogen-bond donors (Lipinski definition) is 3. The Bertz CT molecular complexity index is 1630. The van der Waals surface area contributed by atoms with Crippen molar-refractivity contribution in [2.24, 2.45) is 5.41 Å². The largest absolute Gasteiger partial charge is 0.465 e. The summed E-state index contributed by atoms with van der Waals surface area (Å²) in [6.07, 6.45) is -0.725. The molecule has 0 aliphatic heterocycles. The molecule has 0 aliphatic rings. The molecular formula is C33H37FN4O4. The van der Waals surface area contributed by atoms with Crippen LogP contribution in [0.3, 0.4) is 0 Å². The second-order valence-corrected chi connectivity index (χ2v) is 12.6. The number of rotatable bonds is 7. The van der Waals surface area contributed by atoms with Gasteiger partial charge in [-0.15, -0.1) is 0 Å². The Balaban J connectivity index is 1.67. The standard InChI is InChI=1S/C33H37FN4O4/c1-32(2,3)19-29(39)35-24-13-16-27-22(17-24)18-28(37(27)20-21-9-7-8-10-26(21)34)30(40)36-23-11-14-25(15-12-23)38(31(41)42)33(4,5)6/h7-18H,19-20H2,1-6H3,(H,35,39)(H,36,40)(H,41,42). The molecular weight excluding hydrogens is 535 g/mol. The van der Waals surface area contributed by atoms with E-state index in [4.69, 9.17) is 0 Å². The van der Waals surface area contributed by atoms with Gasteiger partial charge in [0, 0.05) is 45.5 Å². The lowest BCUT2D eigenvalue weighted by molar-refractivity contribution is -0.117. The average molecular weight is 573 g/mol. The highest BCUT2D eigenvalue weighted by Gasteiger charge is 2.28. The number of anilines is 3. The molecule has 1 heterocycles. The van der Waals surface area contributed by atoms with Crippen LogP contribution >= 0.6 is 0 Å². The first kappa shape index (κ1) is 30.3. The lowest BCUT2D eigenvalue weighted by Gasteiger charge is -2.33. The molecule has 220 valence electrons. The summed E-state index contributed by atoms with van der Waals surface area (Å²) >= 11 is 0. The zero-order chi connectivity index (χ0) is 30.8. The van der Waals surface area contributed by atoms with Crippen molar-refractivity contribution in [3.8, 4) is 0 Å². The van der Waals surface area contributed by atoms with E-state index >= 15 is 0 Å². The van der Waals surface area contributed by atoms with Gasteiger partial charge in [-0.3, -0.25) is 14.5 Å². The molecule has 3 amide bonds. The van der Waals surface area contributed by atoms with Crippen molar-refractivity contribution in [3.63, 3.8) is 0 Å². The molecule has 0 atom stereocenters. The molecule has 3 N–H and O–H groups in total. The lowest BCUT2D eigenvalue weighted by atomic mass is 9.92. The SMILES string of the molecule is CC(C)(C)CC(=O)Nc1ccc2c(c1)cc(C(=O)Nc1ccc(N(C(=O)O)C(C)(C)C)cc1)n2Cc1ccccc1F. The van der Waals surface area contributed by atoms with Crippen LogP contribution < -0.4 is 15.5 Å². The quantitative estimate of drug-likeness (QED) is 0.211. The minimum Gasteiger partial charge on any atom is -0.465 e. The van der Waals surface area contributed by atoms with Crippen LogP contribution in [-0.4, -0.2) is 33.1 Å². The fraction of sp³-hybridized carbons (Fsp3) is 0.303. The van der Waals surface area contributed by atoms with Gasteiger partial charge < -0.3 is 20.3 Å². The Morgan fingerprint density at radius 1 is 0.857 bits per heavy atom. The van der Waals surface area contributed by atoms with E-state index in [0.29, 0.717) is 45.6 Å². The lowest BCUT2D eigenvalue weighted by Crippen LogP contribution is -2.45. The van der Waals surface area contributed by atoms with E-state index in [0.717, 1.165) is 0 Å². The summed E-state index contributed by atoms with van der Waals surface area (Å²) in [6.45, 7) is 11.5. The van der Waals surface area contributed by atoms with Crippen LogP contribution in [0.5, 0.6) is 0 Å². The first-order chi connectivity index (χ1) is 19.6. The Kier molecular flexibility index (Phi) is 8.43. The van der Waals surface area contributed by atoms with Gasteiger partial charge in [0.2, 0.25) is 5.91 Å². The normalized spacial score (nSPS) is 11.8. The van der Waals surface area contributed by atoms with Gasteiger partial charge in [-0.2, -0.15) is 0 Å². The Hall–Kier alpha value is -4.66. The van der Waals surface area contributed by atoms with E-state index in [1.165, 1.54) is 11.0 Å². The molecule has 0 unspecified atom stereocenters. The highest BCUT2D eigenvalue weighted by molar-refractivity contribution is 6.07. The van der Waals surface area contributed by atoms with Crippen LogP contribution in [0.25, 0.3) is 10.9 Å². The predicted molar refractivity (Wildman–Crippen MR) is 165 cm³/mol.